The maximum atomic E-state index is 13.0. The third kappa shape index (κ3) is 5.88. The van der Waals surface area contributed by atoms with Crippen LogP contribution in [0.25, 0.3) is 0 Å². The predicted octanol–water partition coefficient (Wildman–Crippen LogP) is 2.62. The fraction of sp³-hybridized carbons (Fsp3) is 0.300. The first-order valence-corrected chi connectivity index (χ1v) is 9.42. The van der Waals surface area contributed by atoms with E-state index in [4.69, 9.17) is 4.74 Å². The molecule has 1 unspecified atom stereocenters. The molecule has 0 saturated heterocycles. The van der Waals surface area contributed by atoms with Crippen LogP contribution in [0.5, 0.6) is 5.75 Å². The highest BCUT2D eigenvalue weighted by atomic mass is 19.4. The first kappa shape index (κ1) is 23.8. The van der Waals surface area contributed by atoms with Gasteiger partial charge in [0.1, 0.15) is 12.3 Å². The van der Waals surface area contributed by atoms with Gasteiger partial charge in [-0.15, -0.1) is 13.2 Å². The number of nitrogens with zero attached hydrogens (tertiary/aromatic N) is 2. The number of anilines is 2. The number of hydrogen-bond donors (Lipinski definition) is 2. The summed E-state index contributed by atoms with van der Waals surface area (Å²) < 4.78 is 50.7. The fourth-order valence-corrected chi connectivity index (χ4v) is 3.09. The summed E-state index contributed by atoms with van der Waals surface area (Å²) in [6.45, 7) is -0.353. The van der Waals surface area contributed by atoms with Gasteiger partial charge in [-0.05, 0) is 23.8 Å². The molecule has 0 fully saturated rings. The first-order valence-electron chi connectivity index (χ1n) is 9.42. The van der Waals surface area contributed by atoms with Crippen LogP contribution in [0.2, 0.25) is 0 Å². The molecule has 0 saturated carbocycles. The van der Waals surface area contributed by atoms with E-state index in [2.05, 4.69) is 25.1 Å². The molecule has 1 aliphatic heterocycles. The molecular weight excluding hydrogens is 449 g/mol. The third-order valence-electron chi connectivity index (χ3n) is 4.51. The number of amides is 3. The van der Waals surface area contributed by atoms with Crippen LogP contribution in [0.3, 0.4) is 0 Å². The molecule has 0 radical (unpaired) electrons. The van der Waals surface area contributed by atoms with Gasteiger partial charge in [-0.25, -0.2) is 14.6 Å². The Kier molecular flexibility index (Phi) is 7.01. The Morgan fingerprint density at radius 3 is 2.55 bits per heavy atom. The Morgan fingerprint density at radius 2 is 1.94 bits per heavy atom. The van der Waals surface area contributed by atoms with E-state index in [1.165, 1.54) is 38.6 Å². The van der Waals surface area contributed by atoms with Crippen molar-refractivity contribution in [1.29, 1.82) is 0 Å². The second-order valence-electron chi connectivity index (χ2n) is 6.80. The van der Waals surface area contributed by atoms with E-state index in [0.717, 1.165) is 17.0 Å². The molecule has 1 atom stereocenters. The van der Waals surface area contributed by atoms with Crippen molar-refractivity contribution in [1.82, 2.24) is 10.3 Å². The van der Waals surface area contributed by atoms with Crippen molar-refractivity contribution in [2.75, 3.05) is 37.6 Å². The van der Waals surface area contributed by atoms with E-state index in [-0.39, 0.29) is 30.2 Å². The Bertz CT molecular complexity index is 1050. The second-order valence-corrected chi connectivity index (χ2v) is 6.80. The molecule has 176 valence electrons. The zero-order valence-electron chi connectivity index (χ0n) is 17.4. The van der Waals surface area contributed by atoms with Gasteiger partial charge < -0.3 is 24.8 Å². The molecule has 1 aromatic carbocycles. The van der Waals surface area contributed by atoms with Crippen LogP contribution >= 0.6 is 0 Å². The number of benzene rings is 1. The number of aromatic nitrogens is 1. The Morgan fingerprint density at radius 1 is 1.24 bits per heavy atom. The van der Waals surface area contributed by atoms with Crippen molar-refractivity contribution < 1.29 is 41.8 Å². The fourth-order valence-electron chi connectivity index (χ4n) is 3.09. The minimum atomic E-state index is -4.83. The van der Waals surface area contributed by atoms with Crippen molar-refractivity contribution >= 4 is 29.4 Å². The van der Waals surface area contributed by atoms with Crippen molar-refractivity contribution in [3.8, 4) is 5.75 Å². The molecule has 2 aromatic rings. The smallest absolute Gasteiger partial charge is 0.465 e. The summed E-state index contributed by atoms with van der Waals surface area (Å²) in [5, 5.41) is 5.21. The number of halogens is 3. The summed E-state index contributed by atoms with van der Waals surface area (Å²) >= 11 is 0. The number of esters is 1. The molecule has 33 heavy (non-hydrogen) atoms. The first-order chi connectivity index (χ1) is 15.6. The zero-order valence-corrected chi connectivity index (χ0v) is 17.4. The predicted molar refractivity (Wildman–Crippen MR) is 108 cm³/mol. The number of methoxy groups -OCH3 is 2. The van der Waals surface area contributed by atoms with Gasteiger partial charge in [0.15, 0.2) is 5.82 Å². The van der Waals surface area contributed by atoms with Gasteiger partial charge in [0.2, 0.25) is 5.91 Å². The summed E-state index contributed by atoms with van der Waals surface area (Å²) in [4.78, 5) is 42.0. The van der Waals surface area contributed by atoms with Gasteiger partial charge >= 0.3 is 18.4 Å². The van der Waals surface area contributed by atoms with Gasteiger partial charge in [0.05, 0.1) is 31.0 Å². The van der Waals surface area contributed by atoms with Crippen LogP contribution in [0, 0.1) is 0 Å². The number of urea groups is 1. The van der Waals surface area contributed by atoms with E-state index in [0.29, 0.717) is 5.56 Å². The molecule has 0 bridgehead atoms. The third-order valence-corrected chi connectivity index (χ3v) is 4.51. The van der Waals surface area contributed by atoms with Crippen LogP contribution < -0.4 is 20.3 Å². The van der Waals surface area contributed by atoms with Gasteiger partial charge in [0, 0.05) is 13.3 Å². The number of fused-ring (bicyclic) bond motifs is 1. The van der Waals surface area contributed by atoms with Gasteiger partial charge in [-0.2, -0.15) is 0 Å². The number of nitrogens with one attached hydrogen (secondary N) is 2. The average molecular weight is 468 g/mol. The van der Waals surface area contributed by atoms with Crippen molar-refractivity contribution in [3.05, 3.63) is 47.7 Å². The van der Waals surface area contributed by atoms with Crippen molar-refractivity contribution in [3.63, 3.8) is 0 Å². The number of carbonyl (C=O) groups is 3. The Hall–Kier alpha value is -3.87. The van der Waals surface area contributed by atoms with E-state index in [9.17, 15) is 27.6 Å². The Balaban J connectivity index is 1.81. The van der Waals surface area contributed by atoms with Crippen LogP contribution in [-0.4, -0.2) is 56.6 Å². The highest BCUT2D eigenvalue weighted by Gasteiger charge is 2.32. The molecule has 1 aliphatic rings. The molecule has 3 amide bonds. The largest absolute Gasteiger partial charge is 0.573 e. The highest BCUT2D eigenvalue weighted by Crippen LogP contribution is 2.29. The van der Waals surface area contributed by atoms with E-state index >= 15 is 0 Å². The molecule has 2 heterocycles. The highest BCUT2D eigenvalue weighted by molar-refractivity contribution is 6.09. The zero-order chi connectivity index (χ0) is 24.2. The van der Waals surface area contributed by atoms with Crippen LogP contribution in [0.1, 0.15) is 22.0 Å². The number of alkyl halides is 3. The lowest BCUT2D eigenvalue weighted by Crippen LogP contribution is -2.49. The summed E-state index contributed by atoms with van der Waals surface area (Å²) in [5.41, 5.74) is 0.661. The number of carbonyl (C=O) groups excluding carboxylic acids is 3. The second kappa shape index (κ2) is 9.73. The molecule has 13 heteroatoms. The summed E-state index contributed by atoms with van der Waals surface area (Å²) in [7, 11) is 2.58. The molecule has 2 N–H and O–H groups in total. The summed E-state index contributed by atoms with van der Waals surface area (Å²) in [6.07, 6.45) is -3.63. The average Bonchev–Trinajstić information content (AvgIpc) is 2.76. The number of pyridine rings is 1. The lowest BCUT2D eigenvalue weighted by Gasteiger charge is -2.30. The van der Waals surface area contributed by atoms with Gasteiger partial charge in [-0.3, -0.25) is 9.69 Å². The molecular formula is C20H19F3N4O6. The minimum Gasteiger partial charge on any atom is -0.465 e. The molecule has 3 rings (SSSR count). The molecule has 1 aromatic heterocycles. The quantitative estimate of drug-likeness (QED) is 0.626. The maximum Gasteiger partial charge on any atom is 0.573 e. The van der Waals surface area contributed by atoms with Gasteiger partial charge in [-0.1, -0.05) is 12.1 Å². The van der Waals surface area contributed by atoms with E-state index < -0.39 is 36.1 Å². The van der Waals surface area contributed by atoms with E-state index in [1.807, 2.05) is 0 Å². The number of rotatable bonds is 6. The lowest BCUT2D eigenvalue weighted by molar-refractivity contribution is -0.274. The summed E-state index contributed by atoms with van der Waals surface area (Å²) in [6, 6.07) is 4.78. The van der Waals surface area contributed by atoms with E-state index in [1.54, 1.807) is 0 Å². The molecule has 0 spiro atoms. The van der Waals surface area contributed by atoms with Crippen molar-refractivity contribution in [2.24, 2.45) is 0 Å². The maximum absolute atomic E-state index is 13.0. The Labute approximate surface area is 185 Å². The van der Waals surface area contributed by atoms with Crippen LogP contribution in [0.4, 0.5) is 29.5 Å². The summed E-state index contributed by atoms with van der Waals surface area (Å²) in [5.74, 6) is -1.50. The number of hydrogen-bond acceptors (Lipinski definition) is 7. The number of ether oxygens (including phenoxy) is 3. The van der Waals surface area contributed by atoms with Crippen molar-refractivity contribution in [2.45, 2.75) is 12.4 Å². The SMILES string of the molecule is COCC(NC(=O)N1CC(=O)Nc2cc(C(=O)OC)cnc21)c1ccc(OC(F)(F)F)cc1. The lowest BCUT2D eigenvalue weighted by atomic mass is 10.1. The molecule has 0 aliphatic carbocycles. The van der Waals surface area contributed by atoms with Crippen LogP contribution in [-0.2, 0) is 14.3 Å². The minimum absolute atomic E-state index is 0.00713. The standard InChI is InChI=1S/C20H19F3N4O6/c1-31-10-15(11-3-5-13(6-4-11)33-20(21,22)23)26-19(30)27-9-16(28)25-14-7-12(18(29)32-2)8-24-17(14)27/h3-8,15H,9-10H2,1-2H3,(H,25,28)(H,26,30). The normalized spacial score (nSPS) is 14.1. The monoisotopic (exact) mass is 468 g/mol. The molecule has 10 nitrogen and oxygen atoms in total. The van der Waals surface area contributed by atoms with Crippen LogP contribution in [0.15, 0.2) is 36.5 Å². The van der Waals surface area contributed by atoms with Gasteiger partial charge in [0.25, 0.3) is 0 Å². The topological polar surface area (TPSA) is 119 Å².